The van der Waals surface area contributed by atoms with E-state index in [1.807, 2.05) is 61.5 Å². The monoisotopic (exact) mass is 330 g/mol. The lowest BCUT2D eigenvalue weighted by atomic mass is 9.93. The lowest BCUT2D eigenvalue weighted by molar-refractivity contribution is -0.130. The second-order valence-electron chi connectivity index (χ2n) is 4.36. The molecular formula is C17H15BrO2. The third kappa shape index (κ3) is 2.99. The number of rotatable bonds is 4. The van der Waals surface area contributed by atoms with Crippen molar-refractivity contribution in [2.24, 2.45) is 0 Å². The first kappa shape index (κ1) is 14.5. The van der Waals surface area contributed by atoms with Crippen LogP contribution in [0.3, 0.4) is 0 Å². The maximum atomic E-state index is 11.7. The van der Waals surface area contributed by atoms with E-state index in [1.165, 1.54) is 0 Å². The van der Waals surface area contributed by atoms with Gasteiger partial charge in [-0.1, -0.05) is 71.4 Å². The van der Waals surface area contributed by atoms with E-state index < -0.39 is 5.97 Å². The molecule has 0 amide bonds. The number of carbonyl (C=O) groups is 1. The third-order valence-electron chi connectivity index (χ3n) is 3.13. The largest absolute Gasteiger partial charge is 0.478 e. The molecule has 0 atom stereocenters. The second kappa shape index (κ2) is 6.53. The van der Waals surface area contributed by atoms with Crippen LogP contribution >= 0.6 is 15.9 Å². The fourth-order valence-electron chi connectivity index (χ4n) is 2.24. The van der Waals surface area contributed by atoms with Crippen molar-refractivity contribution in [3.05, 3.63) is 70.2 Å². The molecule has 0 bridgehead atoms. The standard InChI is InChI=1S/C17H15BrO2/c1-2-13(14-10-6-7-11-15(14)18)16(17(19)20)12-8-4-3-5-9-12/h3-11H,2H2,1H3,(H,19,20)/b16-13-. The van der Waals surface area contributed by atoms with Crippen molar-refractivity contribution in [1.82, 2.24) is 0 Å². The molecule has 20 heavy (non-hydrogen) atoms. The van der Waals surface area contributed by atoms with Gasteiger partial charge >= 0.3 is 5.97 Å². The van der Waals surface area contributed by atoms with E-state index in [4.69, 9.17) is 0 Å². The first-order valence-corrected chi connectivity index (χ1v) is 7.21. The third-order valence-corrected chi connectivity index (χ3v) is 3.82. The number of hydrogen-bond donors (Lipinski definition) is 1. The van der Waals surface area contributed by atoms with Gasteiger partial charge in [-0.25, -0.2) is 4.79 Å². The van der Waals surface area contributed by atoms with Gasteiger partial charge in [0.25, 0.3) is 0 Å². The average Bonchev–Trinajstić information content (AvgIpc) is 2.46. The Morgan fingerprint density at radius 1 is 1.05 bits per heavy atom. The number of hydrogen-bond acceptors (Lipinski definition) is 1. The van der Waals surface area contributed by atoms with E-state index >= 15 is 0 Å². The Kier molecular flexibility index (Phi) is 4.74. The number of allylic oxidation sites excluding steroid dienone is 1. The molecule has 0 saturated heterocycles. The molecule has 3 heteroatoms. The summed E-state index contributed by atoms with van der Waals surface area (Å²) in [5, 5.41) is 9.61. The zero-order chi connectivity index (χ0) is 14.5. The minimum Gasteiger partial charge on any atom is -0.478 e. The molecule has 2 nitrogen and oxygen atoms in total. The fraction of sp³-hybridized carbons (Fsp3) is 0.118. The highest BCUT2D eigenvalue weighted by Gasteiger charge is 2.18. The van der Waals surface area contributed by atoms with Crippen LogP contribution in [0.4, 0.5) is 0 Å². The summed E-state index contributed by atoms with van der Waals surface area (Å²) >= 11 is 3.50. The molecule has 2 aromatic rings. The Morgan fingerprint density at radius 2 is 1.65 bits per heavy atom. The van der Waals surface area contributed by atoms with Crippen LogP contribution in [0, 0.1) is 0 Å². The SMILES string of the molecule is CC/C(=C(/C(=O)O)c1ccccc1)c1ccccc1Br. The van der Waals surface area contributed by atoms with E-state index in [0.717, 1.165) is 21.2 Å². The minimum absolute atomic E-state index is 0.361. The average molecular weight is 331 g/mol. The molecule has 0 heterocycles. The van der Waals surface area contributed by atoms with Gasteiger partial charge in [0.1, 0.15) is 0 Å². The Hall–Kier alpha value is -1.87. The zero-order valence-corrected chi connectivity index (χ0v) is 12.7. The highest BCUT2D eigenvalue weighted by Crippen LogP contribution is 2.33. The molecule has 2 rings (SSSR count). The smallest absolute Gasteiger partial charge is 0.336 e. The van der Waals surface area contributed by atoms with E-state index in [-0.39, 0.29) is 0 Å². The Labute approximate surface area is 126 Å². The summed E-state index contributed by atoms with van der Waals surface area (Å²) in [6.07, 6.45) is 0.652. The summed E-state index contributed by atoms with van der Waals surface area (Å²) in [5.74, 6) is -0.899. The summed E-state index contributed by atoms with van der Waals surface area (Å²) in [6, 6.07) is 16.9. The molecule has 0 fully saturated rings. The molecule has 0 unspecified atom stereocenters. The van der Waals surface area contributed by atoms with Crippen LogP contribution in [0.2, 0.25) is 0 Å². The van der Waals surface area contributed by atoms with Gasteiger partial charge in [-0.2, -0.15) is 0 Å². The Bertz CT molecular complexity index is 645. The predicted octanol–water partition coefficient (Wildman–Crippen LogP) is 4.85. The highest BCUT2D eigenvalue weighted by atomic mass is 79.9. The van der Waals surface area contributed by atoms with Crippen LogP contribution in [0.5, 0.6) is 0 Å². The molecular weight excluding hydrogens is 316 g/mol. The van der Waals surface area contributed by atoms with Crippen LogP contribution < -0.4 is 0 Å². The van der Waals surface area contributed by atoms with E-state index in [2.05, 4.69) is 15.9 Å². The van der Waals surface area contributed by atoms with Gasteiger partial charge in [-0.05, 0) is 29.2 Å². The van der Waals surface area contributed by atoms with Gasteiger partial charge in [0.05, 0.1) is 5.57 Å². The van der Waals surface area contributed by atoms with Crippen LogP contribution in [0.15, 0.2) is 59.1 Å². The molecule has 0 aliphatic rings. The van der Waals surface area contributed by atoms with Crippen LogP contribution in [-0.4, -0.2) is 11.1 Å². The highest BCUT2D eigenvalue weighted by molar-refractivity contribution is 9.10. The number of halogens is 1. The van der Waals surface area contributed by atoms with Crippen molar-refractivity contribution >= 4 is 33.0 Å². The number of benzene rings is 2. The predicted molar refractivity (Wildman–Crippen MR) is 85.3 cm³/mol. The maximum absolute atomic E-state index is 11.7. The van der Waals surface area contributed by atoms with Crippen molar-refractivity contribution in [3.63, 3.8) is 0 Å². The van der Waals surface area contributed by atoms with Crippen LogP contribution in [0.25, 0.3) is 11.1 Å². The van der Waals surface area contributed by atoms with E-state index in [9.17, 15) is 9.90 Å². The first-order valence-electron chi connectivity index (χ1n) is 6.42. The normalized spacial score (nSPS) is 11.9. The summed E-state index contributed by atoms with van der Waals surface area (Å²) in [4.78, 5) is 11.7. The zero-order valence-electron chi connectivity index (χ0n) is 11.1. The van der Waals surface area contributed by atoms with Gasteiger partial charge in [0.2, 0.25) is 0 Å². The first-order chi connectivity index (χ1) is 9.65. The van der Waals surface area contributed by atoms with Gasteiger partial charge in [0, 0.05) is 4.47 Å². The number of carboxylic acids is 1. The van der Waals surface area contributed by atoms with Crippen molar-refractivity contribution in [2.45, 2.75) is 13.3 Å². The van der Waals surface area contributed by atoms with Gasteiger partial charge in [0.15, 0.2) is 0 Å². The molecule has 0 aromatic heterocycles. The summed E-state index contributed by atoms with van der Waals surface area (Å²) in [6.45, 7) is 1.97. The fourth-order valence-corrected chi connectivity index (χ4v) is 2.76. The van der Waals surface area contributed by atoms with Crippen molar-refractivity contribution in [2.75, 3.05) is 0 Å². The van der Waals surface area contributed by atoms with Crippen LogP contribution in [-0.2, 0) is 4.79 Å². The lowest BCUT2D eigenvalue weighted by Crippen LogP contribution is -2.04. The van der Waals surface area contributed by atoms with Gasteiger partial charge in [-0.3, -0.25) is 0 Å². The van der Waals surface area contributed by atoms with Crippen molar-refractivity contribution in [3.8, 4) is 0 Å². The molecule has 0 aliphatic carbocycles. The van der Waals surface area contributed by atoms with Crippen molar-refractivity contribution in [1.29, 1.82) is 0 Å². The Morgan fingerprint density at radius 3 is 2.20 bits per heavy atom. The van der Waals surface area contributed by atoms with E-state index in [0.29, 0.717) is 12.0 Å². The molecule has 102 valence electrons. The minimum atomic E-state index is -0.899. The number of carboxylic acid groups (broad SMARTS) is 1. The Balaban J connectivity index is 2.70. The molecule has 0 saturated carbocycles. The van der Waals surface area contributed by atoms with Crippen LogP contribution in [0.1, 0.15) is 24.5 Å². The number of aliphatic carboxylic acids is 1. The second-order valence-corrected chi connectivity index (χ2v) is 5.21. The molecule has 0 aliphatic heterocycles. The summed E-state index contributed by atoms with van der Waals surface area (Å²) in [7, 11) is 0. The topological polar surface area (TPSA) is 37.3 Å². The van der Waals surface area contributed by atoms with Gasteiger partial charge < -0.3 is 5.11 Å². The molecule has 2 aromatic carbocycles. The quantitative estimate of drug-likeness (QED) is 0.642. The lowest BCUT2D eigenvalue weighted by Gasteiger charge is -2.13. The molecule has 0 radical (unpaired) electrons. The molecule has 0 spiro atoms. The van der Waals surface area contributed by atoms with E-state index in [1.54, 1.807) is 0 Å². The van der Waals surface area contributed by atoms with Crippen molar-refractivity contribution < 1.29 is 9.90 Å². The maximum Gasteiger partial charge on any atom is 0.336 e. The van der Waals surface area contributed by atoms with Gasteiger partial charge in [-0.15, -0.1) is 0 Å². The summed E-state index contributed by atoms with van der Waals surface area (Å²) < 4.78 is 0.909. The summed E-state index contributed by atoms with van der Waals surface area (Å²) in [5.41, 5.74) is 2.85. The molecule has 1 N–H and O–H groups in total.